The molecule has 6 nitrogen and oxygen atoms in total. The number of rotatable bonds is 4. The zero-order valence-corrected chi connectivity index (χ0v) is 18.3. The number of piperazine rings is 1. The third-order valence-electron chi connectivity index (χ3n) is 5.68. The summed E-state index contributed by atoms with van der Waals surface area (Å²) in [6.07, 6.45) is 0.783. The molecule has 160 valence electrons. The van der Waals surface area contributed by atoms with Crippen molar-refractivity contribution in [2.24, 2.45) is 0 Å². The van der Waals surface area contributed by atoms with Crippen LogP contribution in [-0.4, -0.2) is 56.7 Å². The molecule has 0 unspecified atom stereocenters. The molecule has 0 saturated carbocycles. The van der Waals surface area contributed by atoms with Crippen LogP contribution in [0.15, 0.2) is 30.3 Å². The summed E-state index contributed by atoms with van der Waals surface area (Å²) in [7, 11) is 0. The maximum Gasteiger partial charge on any atom is 0.255 e. The van der Waals surface area contributed by atoms with E-state index < -0.39 is 0 Å². The second kappa shape index (κ2) is 9.14. The minimum absolute atomic E-state index is 0.226. The number of carbonyl (C=O) groups excluding carboxylic acids is 1. The second-order valence-electron chi connectivity index (χ2n) is 7.71. The second-order valence-corrected chi connectivity index (χ2v) is 8.12. The molecule has 2 aromatic rings. The standard InChI is InChI=1S/C23H28ClN3O3/c1-3-26-7-9-27(10-8-26)20-6-5-18(13-16(20)2)25-23(28)17-14-19(24)22-21(15-17)29-11-4-12-30-22/h5-6,13-15H,3-4,7-12H2,1-2H3,(H,25,28). The van der Waals surface area contributed by atoms with Crippen LogP contribution in [0.25, 0.3) is 0 Å². The van der Waals surface area contributed by atoms with Crippen molar-refractivity contribution >= 4 is 28.9 Å². The van der Waals surface area contributed by atoms with Crippen LogP contribution in [0.4, 0.5) is 11.4 Å². The van der Waals surface area contributed by atoms with Gasteiger partial charge >= 0.3 is 0 Å². The summed E-state index contributed by atoms with van der Waals surface area (Å²) >= 11 is 6.33. The van der Waals surface area contributed by atoms with Gasteiger partial charge in [-0.05, 0) is 49.4 Å². The highest BCUT2D eigenvalue weighted by molar-refractivity contribution is 6.32. The number of likely N-dealkylation sites (N-methyl/N-ethyl adjacent to an activating group) is 1. The number of hydrogen-bond donors (Lipinski definition) is 1. The van der Waals surface area contributed by atoms with E-state index in [-0.39, 0.29) is 5.91 Å². The van der Waals surface area contributed by atoms with Gasteiger partial charge < -0.3 is 24.6 Å². The molecule has 2 aliphatic rings. The first kappa shape index (κ1) is 20.8. The lowest BCUT2D eigenvalue weighted by atomic mass is 10.1. The third kappa shape index (κ3) is 4.50. The Bertz CT molecular complexity index is 926. The van der Waals surface area contributed by atoms with Gasteiger partial charge in [-0.25, -0.2) is 0 Å². The van der Waals surface area contributed by atoms with E-state index in [2.05, 4.69) is 35.0 Å². The van der Waals surface area contributed by atoms with Crippen LogP contribution in [-0.2, 0) is 0 Å². The Morgan fingerprint density at radius 2 is 1.87 bits per heavy atom. The summed E-state index contributed by atoms with van der Waals surface area (Å²) in [6.45, 7) is 10.7. The molecule has 1 saturated heterocycles. The molecule has 1 amide bonds. The molecule has 1 N–H and O–H groups in total. The Balaban J connectivity index is 1.47. The van der Waals surface area contributed by atoms with Crippen LogP contribution < -0.4 is 19.7 Å². The number of nitrogens with one attached hydrogen (secondary N) is 1. The number of fused-ring (bicyclic) bond motifs is 1. The predicted octanol–water partition coefficient (Wildman–Crippen LogP) is 4.20. The molecule has 2 aliphatic heterocycles. The van der Waals surface area contributed by atoms with E-state index in [1.54, 1.807) is 12.1 Å². The van der Waals surface area contributed by atoms with Crippen molar-refractivity contribution in [1.29, 1.82) is 0 Å². The van der Waals surface area contributed by atoms with Gasteiger partial charge in [0.2, 0.25) is 0 Å². The molecular formula is C23H28ClN3O3. The van der Waals surface area contributed by atoms with Crippen LogP contribution in [0.5, 0.6) is 11.5 Å². The van der Waals surface area contributed by atoms with Gasteiger partial charge in [0.1, 0.15) is 0 Å². The fourth-order valence-electron chi connectivity index (χ4n) is 3.96. The monoisotopic (exact) mass is 429 g/mol. The fraction of sp³-hybridized carbons (Fsp3) is 0.435. The zero-order chi connectivity index (χ0) is 21.1. The molecule has 0 bridgehead atoms. The summed E-state index contributed by atoms with van der Waals surface area (Å²) < 4.78 is 11.3. The molecule has 0 spiro atoms. The van der Waals surface area contributed by atoms with Gasteiger partial charge in [0.15, 0.2) is 11.5 Å². The first-order chi connectivity index (χ1) is 14.5. The van der Waals surface area contributed by atoms with Crippen LogP contribution in [0.1, 0.15) is 29.3 Å². The van der Waals surface area contributed by atoms with Crippen LogP contribution in [0.3, 0.4) is 0 Å². The van der Waals surface area contributed by atoms with Gasteiger partial charge in [-0.1, -0.05) is 18.5 Å². The number of carbonyl (C=O) groups is 1. The number of halogens is 1. The van der Waals surface area contributed by atoms with Gasteiger partial charge in [-0.3, -0.25) is 4.79 Å². The maximum atomic E-state index is 12.8. The van der Waals surface area contributed by atoms with E-state index in [9.17, 15) is 4.79 Å². The lowest BCUT2D eigenvalue weighted by Crippen LogP contribution is -2.46. The first-order valence-corrected chi connectivity index (χ1v) is 10.9. The Morgan fingerprint density at radius 1 is 1.10 bits per heavy atom. The topological polar surface area (TPSA) is 54.0 Å². The lowest BCUT2D eigenvalue weighted by Gasteiger charge is -2.36. The highest BCUT2D eigenvalue weighted by Crippen LogP contribution is 2.38. The van der Waals surface area contributed by atoms with E-state index in [4.69, 9.17) is 21.1 Å². The van der Waals surface area contributed by atoms with Gasteiger partial charge in [0.25, 0.3) is 5.91 Å². The summed E-state index contributed by atoms with van der Waals surface area (Å²) in [5.41, 5.74) is 3.58. The highest BCUT2D eigenvalue weighted by atomic mass is 35.5. The summed E-state index contributed by atoms with van der Waals surface area (Å²) in [6, 6.07) is 9.38. The molecule has 0 radical (unpaired) electrons. The average molecular weight is 430 g/mol. The van der Waals surface area contributed by atoms with Crippen molar-refractivity contribution in [3.05, 3.63) is 46.5 Å². The van der Waals surface area contributed by atoms with Crippen LogP contribution in [0.2, 0.25) is 5.02 Å². The van der Waals surface area contributed by atoms with Gasteiger partial charge in [-0.2, -0.15) is 0 Å². The summed E-state index contributed by atoms with van der Waals surface area (Å²) in [4.78, 5) is 17.7. The number of benzene rings is 2. The molecule has 0 aromatic heterocycles. The first-order valence-electron chi connectivity index (χ1n) is 10.5. The molecule has 0 atom stereocenters. The smallest absolute Gasteiger partial charge is 0.255 e. The van der Waals surface area contributed by atoms with E-state index in [0.29, 0.717) is 35.3 Å². The largest absolute Gasteiger partial charge is 0.489 e. The Labute approximate surface area is 182 Å². The molecule has 4 rings (SSSR count). The van der Waals surface area contributed by atoms with Crippen LogP contribution >= 0.6 is 11.6 Å². The molecule has 2 aromatic carbocycles. The molecule has 7 heteroatoms. The van der Waals surface area contributed by atoms with Crippen molar-refractivity contribution in [2.45, 2.75) is 20.3 Å². The molecule has 0 aliphatic carbocycles. The van der Waals surface area contributed by atoms with Crippen molar-refractivity contribution in [3.63, 3.8) is 0 Å². The maximum absolute atomic E-state index is 12.8. The summed E-state index contributed by atoms with van der Waals surface area (Å²) in [5, 5.41) is 3.36. The van der Waals surface area contributed by atoms with Crippen molar-refractivity contribution in [1.82, 2.24) is 4.90 Å². The quantitative estimate of drug-likeness (QED) is 0.789. The molecule has 2 heterocycles. The molecular weight excluding hydrogens is 402 g/mol. The normalized spacial score (nSPS) is 16.8. The minimum Gasteiger partial charge on any atom is -0.489 e. The number of ether oxygens (including phenoxy) is 2. The Kier molecular flexibility index (Phi) is 6.35. The van der Waals surface area contributed by atoms with Gasteiger partial charge in [-0.15, -0.1) is 0 Å². The van der Waals surface area contributed by atoms with E-state index in [1.165, 1.54) is 5.69 Å². The number of hydrogen-bond acceptors (Lipinski definition) is 5. The lowest BCUT2D eigenvalue weighted by molar-refractivity contribution is 0.102. The van der Waals surface area contributed by atoms with Crippen molar-refractivity contribution in [3.8, 4) is 11.5 Å². The van der Waals surface area contributed by atoms with E-state index >= 15 is 0 Å². The SMILES string of the molecule is CCN1CCN(c2ccc(NC(=O)c3cc(Cl)c4c(c3)OCCCO4)cc2C)CC1. The Morgan fingerprint density at radius 3 is 2.60 bits per heavy atom. The van der Waals surface area contributed by atoms with Crippen LogP contribution in [0, 0.1) is 6.92 Å². The number of nitrogens with zero attached hydrogens (tertiary/aromatic N) is 2. The van der Waals surface area contributed by atoms with Gasteiger partial charge in [0.05, 0.1) is 18.2 Å². The Hall–Kier alpha value is -2.44. The average Bonchev–Trinajstić information content (AvgIpc) is 3.00. The number of amides is 1. The number of anilines is 2. The van der Waals surface area contributed by atoms with Crippen molar-refractivity contribution in [2.75, 3.05) is 56.2 Å². The highest BCUT2D eigenvalue weighted by Gasteiger charge is 2.20. The molecule has 1 fully saturated rings. The minimum atomic E-state index is -0.226. The zero-order valence-electron chi connectivity index (χ0n) is 17.5. The third-order valence-corrected chi connectivity index (χ3v) is 5.96. The molecule has 30 heavy (non-hydrogen) atoms. The fourth-order valence-corrected chi connectivity index (χ4v) is 4.22. The predicted molar refractivity (Wildman–Crippen MR) is 121 cm³/mol. The van der Waals surface area contributed by atoms with E-state index in [0.717, 1.165) is 50.4 Å². The number of aryl methyl sites for hydroxylation is 1. The summed E-state index contributed by atoms with van der Waals surface area (Å²) in [5.74, 6) is 0.799. The van der Waals surface area contributed by atoms with Crippen molar-refractivity contribution < 1.29 is 14.3 Å². The van der Waals surface area contributed by atoms with E-state index in [1.807, 2.05) is 12.1 Å². The van der Waals surface area contributed by atoms with Gasteiger partial charge in [0, 0.05) is 49.5 Å².